The maximum Gasteiger partial charge on any atom is 0.387 e. The number of unbranched alkanes of at least 4 members (excludes halogenated alkanes) is 1. The molecule has 152 valence electrons. The highest BCUT2D eigenvalue weighted by atomic mass is 35.5. The summed E-state index contributed by atoms with van der Waals surface area (Å²) in [5.74, 6) is -0.143. The summed E-state index contributed by atoms with van der Waals surface area (Å²) in [6.45, 7) is -1.35. The van der Waals surface area contributed by atoms with Crippen LogP contribution in [0.25, 0.3) is 0 Å². The van der Waals surface area contributed by atoms with E-state index in [1.807, 2.05) is 30.3 Å². The predicted molar refractivity (Wildman–Crippen MR) is 105 cm³/mol. The summed E-state index contributed by atoms with van der Waals surface area (Å²) < 4.78 is 34.0. The van der Waals surface area contributed by atoms with Gasteiger partial charge in [0.1, 0.15) is 5.75 Å². The second-order valence-corrected chi connectivity index (χ2v) is 6.47. The molecule has 0 atom stereocenters. The number of amides is 2. The van der Waals surface area contributed by atoms with Gasteiger partial charge in [-0.3, -0.25) is 0 Å². The van der Waals surface area contributed by atoms with E-state index < -0.39 is 6.61 Å². The lowest BCUT2D eigenvalue weighted by Gasteiger charge is -2.23. The average molecular weight is 413 g/mol. The Hall–Kier alpha value is -2.38. The van der Waals surface area contributed by atoms with Gasteiger partial charge in [-0.15, -0.1) is 0 Å². The SMILES string of the molecule is COCCCCN(Cc1ccccc1)C(=O)Nc1ccc(OC(F)F)c(Cl)c1. The summed E-state index contributed by atoms with van der Waals surface area (Å²) in [7, 11) is 1.64. The molecule has 0 spiro atoms. The predicted octanol–water partition coefficient (Wildman–Crippen LogP) is 5.40. The molecule has 0 heterocycles. The third kappa shape index (κ3) is 7.32. The van der Waals surface area contributed by atoms with E-state index in [9.17, 15) is 13.6 Å². The summed E-state index contributed by atoms with van der Waals surface area (Å²) in [4.78, 5) is 14.4. The molecule has 0 aliphatic heterocycles. The quantitative estimate of drug-likeness (QED) is 0.531. The number of halogens is 3. The number of alkyl halides is 2. The maximum atomic E-state index is 12.7. The number of nitrogens with zero attached hydrogens (tertiary/aromatic N) is 1. The number of hydrogen-bond acceptors (Lipinski definition) is 3. The van der Waals surface area contributed by atoms with E-state index >= 15 is 0 Å². The van der Waals surface area contributed by atoms with E-state index in [0.717, 1.165) is 18.4 Å². The van der Waals surface area contributed by atoms with Crippen LogP contribution in [-0.2, 0) is 11.3 Å². The zero-order valence-corrected chi connectivity index (χ0v) is 16.3. The normalized spacial score (nSPS) is 10.8. The monoisotopic (exact) mass is 412 g/mol. The van der Waals surface area contributed by atoms with Crippen LogP contribution >= 0.6 is 11.6 Å². The third-order valence-corrected chi connectivity index (χ3v) is 4.22. The van der Waals surface area contributed by atoms with Gasteiger partial charge in [-0.05, 0) is 36.6 Å². The molecule has 1 N–H and O–H groups in total. The van der Waals surface area contributed by atoms with E-state index in [1.54, 1.807) is 12.0 Å². The van der Waals surface area contributed by atoms with Crippen LogP contribution in [0.5, 0.6) is 5.75 Å². The molecular formula is C20H23ClF2N2O3. The average Bonchev–Trinajstić information content (AvgIpc) is 2.67. The van der Waals surface area contributed by atoms with Crippen molar-refractivity contribution in [1.29, 1.82) is 0 Å². The second kappa shape index (κ2) is 11.5. The van der Waals surface area contributed by atoms with Gasteiger partial charge >= 0.3 is 12.6 Å². The van der Waals surface area contributed by atoms with Crippen molar-refractivity contribution < 1.29 is 23.0 Å². The zero-order valence-electron chi connectivity index (χ0n) is 15.5. The molecule has 8 heteroatoms. The Kier molecular flexibility index (Phi) is 8.97. The molecule has 0 aliphatic rings. The molecular weight excluding hydrogens is 390 g/mol. The minimum atomic E-state index is -2.97. The lowest BCUT2D eigenvalue weighted by Crippen LogP contribution is -2.35. The van der Waals surface area contributed by atoms with Gasteiger partial charge in [0.15, 0.2) is 0 Å². The molecule has 2 aromatic carbocycles. The minimum Gasteiger partial charge on any atom is -0.433 e. The van der Waals surface area contributed by atoms with Crippen LogP contribution in [0, 0.1) is 0 Å². The van der Waals surface area contributed by atoms with Gasteiger partial charge in [0.05, 0.1) is 5.02 Å². The molecule has 0 saturated carbocycles. The Morgan fingerprint density at radius 3 is 2.57 bits per heavy atom. The van der Waals surface area contributed by atoms with Crippen LogP contribution in [0.2, 0.25) is 5.02 Å². The second-order valence-electron chi connectivity index (χ2n) is 6.06. The molecule has 0 aromatic heterocycles. The Bertz CT molecular complexity index is 747. The van der Waals surface area contributed by atoms with Crippen molar-refractivity contribution in [3.8, 4) is 5.75 Å². The Morgan fingerprint density at radius 1 is 1.18 bits per heavy atom. The minimum absolute atomic E-state index is 0.00666. The molecule has 2 aromatic rings. The van der Waals surface area contributed by atoms with E-state index in [1.165, 1.54) is 18.2 Å². The number of rotatable bonds is 10. The molecule has 5 nitrogen and oxygen atoms in total. The lowest BCUT2D eigenvalue weighted by atomic mass is 10.2. The van der Waals surface area contributed by atoms with Gasteiger partial charge < -0.3 is 19.7 Å². The summed E-state index contributed by atoms with van der Waals surface area (Å²) >= 11 is 5.95. The number of nitrogens with one attached hydrogen (secondary N) is 1. The molecule has 0 unspecified atom stereocenters. The van der Waals surface area contributed by atoms with Crippen molar-refractivity contribution in [2.75, 3.05) is 25.6 Å². The third-order valence-electron chi connectivity index (χ3n) is 3.93. The summed E-state index contributed by atoms with van der Waals surface area (Å²) in [6, 6.07) is 13.5. The maximum absolute atomic E-state index is 12.7. The highest BCUT2D eigenvalue weighted by Crippen LogP contribution is 2.29. The molecule has 2 amide bonds. The van der Waals surface area contributed by atoms with Gasteiger partial charge in [0.25, 0.3) is 0 Å². The number of hydrogen-bond donors (Lipinski definition) is 1. The van der Waals surface area contributed by atoms with Crippen LogP contribution in [0.1, 0.15) is 18.4 Å². The van der Waals surface area contributed by atoms with Gasteiger partial charge in [-0.1, -0.05) is 41.9 Å². The first-order valence-electron chi connectivity index (χ1n) is 8.82. The van der Waals surface area contributed by atoms with E-state index in [4.69, 9.17) is 16.3 Å². The number of methoxy groups -OCH3 is 1. The molecule has 0 saturated heterocycles. The van der Waals surface area contributed by atoms with Crippen LogP contribution < -0.4 is 10.1 Å². The molecule has 0 aliphatic carbocycles. The fourth-order valence-corrected chi connectivity index (χ4v) is 2.80. The molecule has 0 bridgehead atoms. The standard InChI is InChI=1S/C20H23ClF2N2O3/c1-27-12-6-5-11-25(14-15-7-3-2-4-8-15)20(26)24-16-9-10-18(17(21)13-16)28-19(22)23/h2-4,7-10,13,19H,5-6,11-12,14H2,1H3,(H,24,26). The first-order chi connectivity index (χ1) is 13.5. The molecule has 28 heavy (non-hydrogen) atoms. The van der Waals surface area contributed by atoms with Crippen molar-refractivity contribution >= 4 is 23.3 Å². The van der Waals surface area contributed by atoms with E-state index in [2.05, 4.69) is 10.1 Å². The highest BCUT2D eigenvalue weighted by molar-refractivity contribution is 6.32. The summed E-state index contributed by atoms with van der Waals surface area (Å²) in [5.41, 5.74) is 1.40. The number of carbonyl (C=O) groups is 1. The van der Waals surface area contributed by atoms with E-state index in [0.29, 0.717) is 25.4 Å². The topological polar surface area (TPSA) is 50.8 Å². The highest BCUT2D eigenvalue weighted by Gasteiger charge is 2.15. The van der Waals surface area contributed by atoms with Gasteiger partial charge in [-0.2, -0.15) is 8.78 Å². The summed E-state index contributed by atoms with van der Waals surface area (Å²) in [6.07, 6.45) is 1.62. The van der Waals surface area contributed by atoms with Gasteiger partial charge in [0.2, 0.25) is 0 Å². The fraction of sp³-hybridized carbons (Fsp3) is 0.350. The first kappa shape index (κ1) is 21.9. The zero-order chi connectivity index (χ0) is 20.4. The van der Waals surface area contributed by atoms with Crippen LogP contribution in [-0.4, -0.2) is 37.8 Å². The van der Waals surface area contributed by atoms with Crippen molar-refractivity contribution in [3.05, 3.63) is 59.1 Å². The number of carbonyl (C=O) groups excluding carboxylic acids is 1. The van der Waals surface area contributed by atoms with Crippen molar-refractivity contribution in [1.82, 2.24) is 4.90 Å². The van der Waals surface area contributed by atoms with Crippen molar-refractivity contribution in [2.24, 2.45) is 0 Å². The van der Waals surface area contributed by atoms with E-state index in [-0.39, 0.29) is 16.8 Å². The van der Waals surface area contributed by atoms with Gasteiger partial charge in [0, 0.05) is 32.5 Å². The molecule has 0 fully saturated rings. The number of ether oxygens (including phenoxy) is 2. The Morgan fingerprint density at radius 2 is 1.93 bits per heavy atom. The number of urea groups is 1. The Labute approximate surface area is 168 Å². The smallest absolute Gasteiger partial charge is 0.387 e. The lowest BCUT2D eigenvalue weighted by molar-refractivity contribution is -0.0497. The van der Waals surface area contributed by atoms with Crippen LogP contribution in [0.4, 0.5) is 19.3 Å². The van der Waals surface area contributed by atoms with Crippen LogP contribution in [0.3, 0.4) is 0 Å². The summed E-state index contributed by atoms with van der Waals surface area (Å²) in [5, 5.41) is 2.75. The Balaban J connectivity index is 2.04. The number of anilines is 1. The van der Waals surface area contributed by atoms with Crippen molar-refractivity contribution in [2.45, 2.75) is 26.0 Å². The largest absolute Gasteiger partial charge is 0.433 e. The number of benzene rings is 2. The van der Waals surface area contributed by atoms with Gasteiger partial charge in [-0.25, -0.2) is 4.79 Å². The fourth-order valence-electron chi connectivity index (χ4n) is 2.58. The molecule has 2 rings (SSSR count). The molecule has 0 radical (unpaired) electrons. The van der Waals surface area contributed by atoms with Crippen LogP contribution in [0.15, 0.2) is 48.5 Å². The van der Waals surface area contributed by atoms with Crippen molar-refractivity contribution in [3.63, 3.8) is 0 Å². The first-order valence-corrected chi connectivity index (χ1v) is 9.20.